The molecule has 0 atom stereocenters. The summed E-state index contributed by atoms with van der Waals surface area (Å²) in [6.45, 7) is 7.10. The molecule has 0 aliphatic carbocycles. The molecule has 0 unspecified atom stereocenters. The van der Waals surface area contributed by atoms with E-state index in [2.05, 4.69) is 28.4 Å². The summed E-state index contributed by atoms with van der Waals surface area (Å²) in [5.41, 5.74) is 1.34. The summed E-state index contributed by atoms with van der Waals surface area (Å²) in [6.07, 6.45) is 10.6. The molecule has 2 aliphatic rings. The summed E-state index contributed by atoms with van der Waals surface area (Å²) in [7, 11) is 0. The quantitative estimate of drug-likeness (QED) is 0.907. The van der Waals surface area contributed by atoms with Crippen LogP contribution in [0.15, 0.2) is 12.4 Å². The number of nitrogens with zero attached hydrogens (tertiary/aromatic N) is 3. The summed E-state index contributed by atoms with van der Waals surface area (Å²) in [6, 6.07) is 0. The molecule has 3 rings (SSSR count). The number of carbonyl (C=O) groups is 1. The molecule has 1 N–H and O–H groups in total. The fourth-order valence-electron chi connectivity index (χ4n) is 3.88. The maximum absolute atomic E-state index is 12.4. The summed E-state index contributed by atoms with van der Waals surface area (Å²) >= 11 is 0. The fraction of sp³-hybridized carbons (Fsp3) is 0.778. The summed E-state index contributed by atoms with van der Waals surface area (Å²) in [5, 5.41) is 7.77. The molecule has 2 fully saturated rings. The van der Waals surface area contributed by atoms with Gasteiger partial charge in [0.15, 0.2) is 0 Å². The van der Waals surface area contributed by atoms with Gasteiger partial charge in [0.05, 0.1) is 6.20 Å². The normalized spacial score (nSPS) is 20.8. The molecule has 5 nitrogen and oxygen atoms in total. The summed E-state index contributed by atoms with van der Waals surface area (Å²) < 4.78 is 1.99. The first kappa shape index (κ1) is 16.5. The lowest BCUT2D eigenvalue weighted by Crippen LogP contribution is -2.38. The van der Waals surface area contributed by atoms with Crippen LogP contribution in [0.2, 0.25) is 0 Å². The van der Waals surface area contributed by atoms with Gasteiger partial charge < -0.3 is 10.2 Å². The molecule has 128 valence electrons. The van der Waals surface area contributed by atoms with Gasteiger partial charge in [0.1, 0.15) is 0 Å². The van der Waals surface area contributed by atoms with Gasteiger partial charge in [0.25, 0.3) is 0 Å². The van der Waals surface area contributed by atoms with Crippen molar-refractivity contribution in [2.24, 2.45) is 5.92 Å². The number of rotatable bonds is 5. The zero-order valence-corrected chi connectivity index (χ0v) is 14.3. The van der Waals surface area contributed by atoms with E-state index in [1.54, 1.807) is 0 Å². The Labute approximate surface area is 139 Å². The van der Waals surface area contributed by atoms with E-state index in [9.17, 15) is 4.79 Å². The maximum Gasteiger partial charge on any atom is 0.222 e. The summed E-state index contributed by atoms with van der Waals surface area (Å²) in [5.74, 6) is 1.69. The number of likely N-dealkylation sites (tertiary alicyclic amines) is 1. The van der Waals surface area contributed by atoms with Crippen LogP contribution in [0.1, 0.15) is 56.9 Å². The van der Waals surface area contributed by atoms with E-state index in [0.717, 1.165) is 64.3 Å². The molecule has 1 amide bonds. The van der Waals surface area contributed by atoms with Gasteiger partial charge in [-0.05, 0) is 69.5 Å². The van der Waals surface area contributed by atoms with E-state index >= 15 is 0 Å². The SMILES string of the molecule is CCn1cc(C2CCN(C(=O)CCC3CCNCC3)CC2)cn1. The molecule has 0 aromatic carbocycles. The topological polar surface area (TPSA) is 50.2 Å². The highest BCUT2D eigenvalue weighted by Crippen LogP contribution is 2.28. The van der Waals surface area contributed by atoms with Crippen LogP contribution < -0.4 is 5.32 Å². The summed E-state index contributed by atoms with van der Waals surface area (Å²) in [4.78, 5) is 14.5. The predicted molar refractivity (Wildman–Crippen MR) is 91.3 cm³/mol. The van der Waals surface area contributed by atoms with Gasteiger partial charge in [-0.3, -0.25) is 9.48 Å². The maximum atomic E-state index is 12.4. The molecule has 1 aromatic rings. The minimum absolute atomic E-state index is 0.367. The van der Waals surface area contributed by atoms with Crippen LogP contribution in [-0.2, 0) is 11.3 Å². The number of aryl methyl sites for hydroxylation is 1. The number of amides is 1. The smallest absolute Gasteiger partial charge is 0.222 e. The van der Waals surface area contributed by atoms with Crippen molar-refractivity contribution in [3.8, 4) is 0 Å². The van der Waals surface area contributed by atoms with Crippen LogP contribution in [0.5, 0.6) is 0 Å². The Morgan fingerprint density at radius 1 is 1.26 bits per heavy atom. The van der Waals surface area contributed by atoms with Crippen molar-refractivity contribution in [3.63, 3.8) is 0 Å². The van der Waals surface area contributed by atoms with E-state index in [1.807, 2.05) is 10.9 Å². The molecule has 1 aromatic heterocycles. The Morgan fingerprint density at radius 2 is 2.00 bits per heavy atom. The Balaban J connectivity index is 1.41. The Hall–Kier alpha value is -1.36. The zero-order chi connectivity index (χ0) is 16.1. The van der Waals surface area contributed by atoms with E-state index in [0.29, 0.717) is 11.8 Å². The van der Waals surface area contributed by atoms with E-state index < -0.39 is 0 Å². The van der Waals surface area contributed by atoms with Crippen molar-refractivity contribution in [2.45, 2.75) is 57.9 Å². The monoisotopic (exact) mass is 318 g/mol. The molecule has 0 bridgehead atoms. The third-order valence-corrected chi connectivity index (χ3v) is 5.52. The number of piperidine rings is 2. The van der Waals surface area contributed by atoms with Crippen molar-refractivity contribution < 1.29 is 4.79 Å². The van der Waals surface area contributed by atoms with Gasteiger partial charge in [-0.15, -0.1) is 0 Å². The third-order valence-electron chi connectivity index (χ3n) is 5.52. The first-order valence-electron chi connectivity index (χ1n) is 9.27. The molecule has 0 spiro atoms. The van der Waals surface area contributed by atoms with Crippen molar-refractivity contribution in [1.82, 2.24) is 20.0 Å². The zero-order valence-electron chi connectivity index (χ0n) is 14.3. The van der Waals surface area contributed by atoms with Crippen LogP contribution in [0, 0.1) is 5.92 Å². The average molecular weight is 318 g/mol. The number of nitrogens with one attached hydrogen (secondary N) is 1. The highest BCUT2D eigenvalue weighted by Gasteiger charge is 2.25. The van der Waals surface area contributed by atoms with Gasteiger partial charge in [-0.1, -0.05) is 0 Å². The minimum atomic E-state index is 0.367. The first-order valence-corrected chi connectivity index (χ1v) is 9.27. The van der Waals surface area contributed by atoms with E-state index in [-0.39, 0.29) is 0 Å². The minimum Gasteiger partial charge on any atom is -0.343 e. The number of aromatic nitrogens is 2. The van der Waals surface area contributed by atoms with Crippen molar-refractivity contribution >= 4 is 5.91 Å². The lowest BCUT2D eigenvalue weighted by molar-refractivity contribution is -0.132. The molecule has 0 radical (unpaired) electrons. The second-order valence-electron chi connectivity index (χ2n) is 7.02. The molecule has 5 heteroatoms. The second kappa shape index (κ2) is 7.95. The molecular formula is C18H30N4O. The van der Waals surface area contributed by atoms with Gasteiger partial charge in [-0.25, -0.2) is 0 Å². The Bertz CT molecular complexity index is 499. The third kappa shape index (κ3) is 4.34. The number of hydrogen-bond acceptors (Lipinski definition) is 3. The predicted octanol–water partition coefficient (Wildman–Crippen LogP) is 2.39. The molecule has 0 saturated carbocycles. The van der Waals surface area contributed by atoms with Crippen molar-refractivity contribution in [3.05, 3.63) is 18.0 Å². The lowest BCUT2D eigenvalue weighted by Gasteiger charge is -2.32. The number of hydrogen-bond donors (Lipinski definition) is 1. The number of carbonyl (C=O) groups excluding carboxylic acids is 1. The van der Waals surface area contributed by atoms with E-state index in [1.165, 1.54) is 18.4 Å². The molecule has 3 heterocycles. The first-order chi connectivity index (χ1) is 11.3. The van der Waals surface area contributed by atoms with Gasteiger partial charge in [0, 0.05) is 32.3 Å². The fourth-order valence-corrected chi connectivity index (χ4v) is 3.88. The van der Waals surface area contributed by atoms with Crippen LogP contribution in [0.3, 0.4) is 0 Å². The highest BCUT2D eigenvalue weighted by atomic mass is 16.2. The second-order valence-corrected chi connectivity index (χ2v) is 7.02. The van der Waals surface area contributed by atoms with Crippen LogP contribution in [0.25, 0.3) is 0 Å². The largest absolute Gasteiger partial charge is 0.343 e. The molecule has 2 saturated heterocycles. The Morgan fingerprint density at radius 3 is 2.65 bits per heavy atom. The Kier molecular flexibility index (Phi) is 5.70. The van der Waals surface area contributed by atoms with Crippen LogP contribution >= 0.6 is 0 Å². The van der Waals surface area contributed by atoms with Gasteiger partial charge >= 0.3 is 0 Å². The van der Waals surface area contributed by atoms with Crippen molar-refractivity contribution in [1.29, 1.82) is 0 Å². The van der Waals surface area contributed by atoms with Crippen LogP contribution in [0.4, 0.5) is 0 Å². The lowest BCUT2D eigenvalue weighted by atomic mass is 9.90. The molecular weight excluding hydrogens is 288 g/mol. The van der Waals surface area contributed by atoms with E-state index in [4.69, 9.17) is 0 Å². The highest BCUT2D eigenvalue weighted by molar-refractivity contribution is 5.76. The average Bonchev–Trinajstić information content (AvgIpc) is 3.10. The van der Waals surface area contributed by atoms with Crippen LogP contribution in [-0.4, -0.2) is 46.8 Å². The van der Waals surface area contributed by atoms with Gasteiger partial charge in [-0.2, -0.15) is 5.10 Å². The molecule has 23 heavy (non-hydrogen) atoms. The van der Waals surface area contributed by atoms with Gasteiger partial charge in [0.2, 0.25) is 5.91 Å². The van der Waals surface area contributed by atoms with Crippen molar-refractivity contribution in [2.75, 3.05) is 26.2 Å². The standard InChI is InChI=1S/C18H30N4O/c1-2-22-14-17(13-20-22)16-7-11-21(12-8-16)18(23)4-3-15-5-9-19-10-6-15/h13-16,19H,2-12H2,1H3. The molecule has 2 aliphatic heterocycles.